The summed E-state index contributed by atoms with van der Waals surface area (Å²) in [6.45, 7) is 8.28. The van der Waals surface area contributed by atoms with Crippen LogP contribution in [0.25, 0.3) is 0 Å². The molecule has 0 aromatic rings. The summed E-state index contributed by atoms with van der Waals surface area (Å²) in [5, 5.41) is 1.15. The van der Waals surface area contributed by atoms with Crippen LogP contribution in [0.1, 0.15) is 20.3 Å². The molecule has 66 valence electrons. The lowest BCUT2D eigenvalue weighted by Crippen LogP contribution is -2.25. The molecular formula is C8H18O2Si. The van der Waals surface area contributed by atoms with Crippen molar-refractivity contribution in [3.8, 4) is 0 Å². The van der Waals surface area contributed by atoms with Crippen molar-refractivity contribution in [3.05, 3.63) is 11.8 Å². The fraction of sp³-hybridized carbons (Fsp3) is 0.750. The largest absolute Gasteiger partial charge is 0.397 e. The monoisotopic (exact) mass is 174 g/mol. The SMILES string of the molecule is C=C(C(C)CC)[SiH](OC)OC. The highest BCUT2D eigenvalue weighted by molar-refractivity contribution is 6.53. The first kappa shape index (κ1) is 10.9. The van der Waals surface area contributed by atoms with Gasteiger partial charge in [-0.15, -0.1) is 0 Å². The van der Waals surface area contributed by atoms with Crippen LogP contribution in [-0.2, 0) is 8.85 Å². The van der Waals surface area contributed by atoms with Crippen LogP contribution in [0, 0.1) is 5.92 Å². The molecule has 0 aliphatic carbocycles. The number of hydrogen-bond donors (Lipinski definition) is 0. The molecule has 1 atom stereocenters. The van der Waals surface area contributed by atoms with Crippen molar-refractivity contribution in [1.29, 1.82) is 0 Å². The molecule has 0 aromatic heterocycles. The minimum atomic E-state index is -1.56. The maximum Gasteiger partial charge on any atom is 0.350 e. The molecular weight excluding hydrogens is 156 g/mol. The van der Waals surface area contributed by atoms with Crippen LogP contribution in [0.2, 0.25) is 0 Å². The summed E-state index contributed by atoms with van der Waals surface area (Å²) in [7, 11) is 1.82. The summed E-state index contributed by atoms with van der Waals surface area (Å²) < 4.78 is 10.4. The maximum atomic E-state index is 5.20. The second kappa shape index (κ2) is 5.52. The zero-order valence-corrected chi connectivity index (χ0v) is 9.04. The molecule has 0 heterocycles. The fourth-order valence-corrected chi connectivity index (χ4v) is 2.39. The second-order valence-corrected chi connectivity index (χ2v) is 5.04. The summed E-state index contributed by atoms with van der Waals surface area (Å²) in [4.78, 5) is 0. The van der Waals surface area contributed by atoms with E-state index in [1.54, 1.807) is 14.2 Å². The Labute approximate surface area is 71.1 Å². The summed E-state index contributed by atoms with van der Waals surface area (Å²) in [6, 6.07) is 0. The van der Waals surface area contributed by atoms with Crippen LogP contribution in [0.3, 0.4) is 0 Å². The molecule has 0 N–H and O–H groups in total. The molecule has 3 heteroatoms. The first-order valence-corrected chi connectivity index (χ1v) is 5.43. The summed E-state index contributed by atoms with van der Waals surface area (Å²) in [5.41, 5.74) is 0. The number of hydrogen-bond acceptors (Lipinski definition) is 2. The van der Waals surface area contributed by atoms with Gasteiger partial charge in [0, 0.05) is 14.2 Å². The summed E-state index contributed by atoms with van der Waals surface area (Å²) in [6.07, 6.45) is 1.11. The number of rotatable bonds is 5. The van der Waals surface area contributed by atoms with Crippen molar-refractivity contribution in [2.45, 2.75) is 20.3 Å². The van der Waals surface area contributed by atoms with Gasteiger partial charge in [-0.25, -0.2) is 0 Å². The minimum Gasteiger partial charge on any atom is -0.397 e. The zero-order valence-electron chi connectivity index (χ0n) is 7.89. The zero-order chi connectivity index (χ0) is 8.85. The molecule has 0 rings (SSSR count). The Kier molecular flexibility index (Phi) is 5.46. The van der Waals surface area contributed by atoms with E-state index in [1.807, 2.05) is 0 Å². The first-order chi connectivity index (χ1) is 5.17. The van der Waals surface area contributed by atoms with Crippen molar-refractivity contribution < 1.29 is 8.85 Å². The highest BCUT2D eigenvalue weighted by atomic mass is 28.3. The van der Waals surface area contributed by atoms with Crippen LogP contribution in [0.15, 0.2) is 11.8 Å². The van der Waals surface area contributed by atoms with Crippen molar-refractivity contribution in [3.63, 3.8) is 0 Å². The van der Waals surface area contributed by atoms with Crippen molar-refractivity contribution in [2.75, 3.05) is 14.2 Å². The highest BCUT2D eigenvalue weighted by Crippen LogP contribution is 2.15. The van der Waals surface area contributed by atoms with Gasteiger partial charge < -0.3 is 8.85 Å². The number of allylic oxidation sites excluding steroid dienone is 1. The van der Waals surface area contributed by atoms with Gasteiger partial charge in [-0.05, 0) is 11.1 Å². The Bertz CT molecular complexity index is 121. The smallest absolute Gasteiger partial charge is 0.350 e. The Balaban J connectivity index is 3.97. The van der Waals surface area contributed by atoms with Crippen LogP contribution < -0.4 is 0 Å². The lowest BCUT2D eigenvalue weighted by molar-refractivity contribution is 0.282. The van der Waals surface area contributed by atoms with Gasteiger partial charge in [0.1, 0.15) is 0 Å². The Morgan fingerprint density at radius 3 is 2.18 bits per heavy atom. The highest BCUT2D eigenvalue weighted by Gasteiger charge is 2.18. The Morgan fingerprint density at radius 2 is 1.91 bits per heavy atom. The summed E-state index contributed by atoms with van der Waals surface area (Å²) >= 11 is 0. The van der Waals surface area contributed by atoms with Crippen molar-refractivity contribution in [2.24, 2.45) is 5.92 Å². The Morgan fingerprint density at radius 1 is 1.45 bits per heavy atom. The lowest BCUT2D eigenvalue weighted by Gasteiger charge is -2.18. The van der Waals surface area contributed by atoms with Crippen molar-refractivity contribution in [1.82, 2.24) is 0 Å². The van der Waals surface area contributed by atoms with E-state index in [-0.39, 0.29) is 0 Å². The average molecular weight is 174 g/mol. The molecule has 0 saturated carbocycles. The molecule has 11 heavy (non-hydrogen) atoms. The van der Waals surface area contributed by atoms with E-state index in [1.165, 1.54) is 0 Å². The third-order valence-corrected chi connectivity index (χ3v) is 4.01. The van der Waals surface area contributed by atoms with E-state index in [9.17, 15) is 0 Å². The van der Waals surface area contributed by atoms with Gasteiger partial charge in [-0.3, -0.25) is 0 Å². The summed E-state index contributed by atoms with van der Waals surface area (Å²) in [5.74, 6) is 0.520. The van der Waals surface area contributed by atoms with E-state index >= 15 is 0 Å². The van der Waals surface area contributed by atoms with Gasteiger partial charge in [-0.1, -0.05) is 26.8 Å². The second-order valence-electron chi connectivity index (χ2n) is 2.69. The van der Waals surface area contributed by atoms with E-state index in [4.69, 9.17) is 8.85 Å². The normalized spacial score (nSPS) is 13.5. The van der Waals surface area contributed by atoms with Crippen LogP contribution >= 0.6 is 0 Å². The first-order valence-electron chi connectivity index (χ1n) is 3.91. The van der Waals surface area contributed by atoms with E-state index in [0.717, 1.165) is 11.6 Å². The molecule has 0 bridgehead atoms. The Hall–Kier alpha value is -0.123. The third kappa shape index (κ3) is 3.18. The quantitative estimate of drug-likeness (QED) is 0.590. The topological polar surface area (TPSA) is 18.5 Å². The van der Waals surface area contributed by atoms with Crippen LogP contribution in [0.4, 0.5) is 0 Å². The van der Waals surface area contributed by atoms with Crippen LogP contribution in [0.5, 0.6) is 0 Å². The van der Waals surface area contributed by atoms with E-state index in [0.29, 0.717) is 5.92 Å². The van der Waals surface area contributed by atoms with Gasteiger partial charge in [0.2, 0.25) is 0 Å². The lowest BCUT2D eigenvalue weighted by atomic mass is 10.1. The predicted octanol–water partition coefficient (Wildman–Crippen LogP) is 1.64. The van der Waals surface area contributed by atoms with Gasteiger partial charge in [0.25, 0.3) is 0 Å². The molecule has 0 aromatic carbocycles. The predicted molar refractivity (Wildman–Crippen MR) is 49.8 cm³/mol. The third-order valence-electron chi connectivity index (χ3n) is 1.98. The average Bonchev–Trinajstić information content (AvgIpc) is 2.05. The molecule has 0 aliphatic heterocycles. The molecule has 1 unspecified atom stereocenters. The molecule has 2 nitrogen and oxygen atoms in total. The molecule has 0 fully saturated rings. The van der Waals surface area contributed by atoms with E-state index < -0.39 is 9.28 Å². The minimum absolute atomic E-state index is 0.520. The van der Waals surface area contributed by atoms with E-state index in [2.05, 4.69) is 20.4 Å². The van der Waals surface area contributed by atoms with Gasteiger partial charge in [-0.2, -0.15) is 0 Å². The molecule has 0 aliphatic rings. The van der Waals surface area contributed by atoms with Crippen LogP contribution in [-0.4, -0.2) is 23.5 Å². The molecule has 0 amide bonds. The van der Waals surface area contributed by atoms with Gasteiger partial charge >= 0.3 is 9.28 Å². The fourth-order valence-electron chi connectivity index (χ4n) is 0.893. The van der Waals surface area contributed by atoms with Gasteiger partial charge in [0.15, 0.2) is 0 Å². The molecule has 0 saturated heterocycles. The maximum absolute atomic E-state index is 5.20. The standard InChI is InChI=1S/C8H18O2Si/c1-6-7(2)8(3)11(9-4)10-5/h7,11H,3,6H2,1-2,4-5H3. The van der Waals surface area contributed by atoms with Crippen molar-refractivity contribution >= 4 is 9.28 Å². The molecule has 0 spiro atoms. The van der Waals surface area contributed by atoms with Gasteiger partial charge in [0.05, 0.1) is 0 Å². The molecule has 0 radical (unpaired) electrons.